The van der Waals surface area contributed by atoms with Crippen molar-refractivity contribution < 1.29 is 4.39 Å². The molecule has 5 heteroatoms. The number of anilines is 1. The van der Waals surface area contributed by atoms with Crippen molar-refractivity contribution in [1.29, 1.82) is 5.41 Å². The van der Waals surface area contributed by atoms with Crippen LogP contribution in [0.3, 0.4) is 0 Å². The van der Waals surface area contributed by atoms with E-state index in [9.17, 15) is 4.39 Å². The molecule has 0 aliphatic carbocycles. The van der Waals surface area contributed by atoms with Crippen LogP contribution >= 0.6 is 11.6 Å². The van der Waals surface area contributed by atoms with Crippen molar-refractivity contribution in [3.05, 3.63) is 64.4 Å². The van der Waals surface area contributed by atoms with E-state index >= 15 is 0 Å². The van der Waals surface area contributed by atoms with Crippen LogP contribution in [-0.4, -0.2) is 12.9 Å². The molecule has 0 unspecified atom stereocenters. The minimum Gasteiger partial charge on any atom is -0.384 e. The third-order valence-corrected chi connectivity index (χ3v) is 3.39. The average Bonchev–Trinajstić information content (AvgIpc) is 2.41. The zero-order valence-electron chi connectivity index (χ0n) is 11.0. The molecule has 3 nitrogen and oxygen atoms in total. The summed E-state index contributed by atoms with van der Waals surface area (Å²) in [5.74, 6) is -0.267. The Labute approximate surface area is 122 Å². The Morgan fingerprint density at radius 2 is 1.90 bits per heavy atom. The first-order chi connectivity index (χ1) is 9.47. The van der Waals surface area contributed by atoms with Gasteiger partial charge in [-0.25, -0.2) is 4.39 Å². The second kappa shape index (κ2) is 5.92. The standard InChI is InChI=1S/C15H15ClFN3/c1-20(13-6-4-12(17)5-7-13)9-11-3-2-10(15(18)19)8-14(11)16/h2-8H,9H2,1H3,(H3,18,19). The number of nitrogen functional groups attached to an aromatic ring is 1. The van der Waals surface area contributed by atoms with Gasteiger partial charge in [0, 0.05) is 29.9 Å². The Morgan fingerprint density at radius 1 is 1.25 bits per heavy atom. The first-order valence-corrected chi connectivity index (χ1v) is 6.44. The molecule has 0 spiro atoms. The summed E-state index contributed by atoms with van der Waals surface area (Å²) < 4.78 is 12.9. The lowest BCUT2D eigenvalue weighted by atomic mass is 10.1. The highest BCUT2D eigenvalue weighted by Gasteiger charge is 2.07. The fourth-order valence-electron chi connectivity index (χ4n) is 1.89. The largest absolute Gasteiger partial charge is 0.384 e. The molecular weight excluding hydrogens is 277 g/mol. The van der Waals surface area contributed by atoms with Gasteiger partial charge >= 0.3 is 0 Å². The normalized spacial score (nSPS) is 10.3. The number of hydrogen-bond acceptors (Lipinski definition) is 2. The van der Waals surface area contributed by atoms with Crippen molar-refractivity contribution in [2.45, 2.75) is 6.54 Å². The van der Waals surface area contributed by atoms with Gasteiger partial charge in [0.1, 0.15) is 11.7 Å². The molecule has 2 rings (SSSR count). The number of rotatable bonds is 4. The molecule has 2 aromatic carbocycles. The third kappa shape index (κ3) is 3.27. The highest BCUT2D eigenvalue weighted by Crippen LogP contribution is 2.22. The SMILES string of the molecule is CN(Cc1ccc(C(=N)N)cc1Cl)c1ccc(F)cc1. The Balaban J connectivity index is 2.17. The van der Waals surface area contributed by atoms with Crippen LogP contribution in [0.4, 0.5) is 10.1 Å². The lowest BCUT2D eigenvalue weighted by Gasteiger charge is -2.20. The Morgan fingerprint density at radius 3 is 2.45 bits per heavy atom. The number of halogens is 2. The highest BCUT2D eigenvalue weighted by atomic mass is 35.5. The third-order valence-electron chi connectivity index (χ3n) is 3.04. The van der Waals surface area contributed by atoms with E-state index in [2.05, 4.69) is 0 Å². The Kier molecular flexibility index (Phi) is 4.25. The summed E-state index contributed by atoms with van der Waals surface area (Å²) in [6.07, 6.45) is 0. The van der Waals surface area contributed by atoms with Crippen LogP contribution in [0.25, 0.3) is 0 Å². The number of nitrogens with zero attached hydrogens (tertiary/aromatic N) is 1. The van der Waals surface area contributed by atoms with Crippen molar-refractivity contribution in [1.82, 2.24) is 0 Å². The molecule has 0 saturated heterocycles. The van der Waals surface area contributed by atoms with E-state index in [1.165, 1.54) is 12.1 Å². The van der Waals surface area contributed by atoms with Crippen LogP contribution in [0.15, 0.2) is 42.5 Å². The smallest absolute Gasteiger partial charge is 0.123 e. The molecule has 0 aliphatic heterocycles. The molecule has 0 bridgehead atoms. The van der Waals surface area contributed by atoms with Crippen LogP contribution in [0.2, 0.25) is 5.02 Å². The quantitative estimate of drug-likeness (QED) is 0.670. The van der Waals surface area contributed by atoms with Crippen molar-refractivity contribution in [2.75, 3.05) is 11.9 Å². The fourth-order valence-corrected chi connectivity index (χ4v) is 2.13. The van der Waals surface area contributed by atoms with Crippen LogP contribution < -0.4 is 10.6 Å². The monoisotopic (exact) mass is 291 g/mol. The van der Waals surface area contributed by atoms with E-state index in [-0.39, 0.29) is 11.7 Å². The maximum Gasteiger partial charge on any atom is 0.123 e. The summed E-state index contributed by atoms with van der Waals surface area (Å²) in [5.41, 5.74) is 7.84. The summed E-state index contributed by atoms with van der Waals surface area (Å²) in [4.78, 5) is 1.97. The maximum atomic E-state index is 12.9. The van der Waals surface area contributed by atoms with Crippen molar-refractivity contribution in [3.63, 3.8) is 0 Å². The van der Waals surface area contributed by atoms with Crippen LogP contribution in [0.5, 0.6) is 0 Å². The van der Waals surface area contributed by atoms with E-state index in [1.54, 1.807) is 24.3 Å². The molecule has 0 atom stereocenters. The van der Waals surface area contributed by atoms with Crippen LogP contribution in [0.1, 0.15) is 11.1 Å². The first kappa shape index (κ1) is 14.3. The molecule has 0 fully saturated rings. The summed E-state index contributed by atoms with van der Waals surface area (Å²) in [7, 11) is 1.91. The predicted molar refractivity (Wildman–Crippen MR) is 81.0 cm³/mol. The van der Waals surface area contributed by atoms with E-state index < -0.39 is 0 Å². The second-order valence-electron chi connectivity index (χ2n) is 4.55. The summed E-state index contributed by atoms with van der Waals surface area (Å²) in [6.45, 7) is 0.586. The minimum atomic E-state index is -0.258. The van der Waals surface area contributed by atoms with Crippen molar-refractivity contribution >= 4 is 23.1 Å². The van der Waals surface area contributed by atoms with Gasteiger partial charge in [0.2, 0.25) is 0 Å². The minimum absolute atomic E-state index is 0.00895. The first-order valence-electron chi connectivity index (χ1n) is 6.07. The second-order valence-corrected chi connectivity index (χ2v) is 4.96. The lowest BCUT2D eigenvalue weighted by Crippen LogP contribution is -2.17. The van der Waals surface area contributed by atoms with Gasteiger partial charge in [-0.05, 0) is 35.9 Å². The zero-order chi connectivity index (χ0) is 14.7. The molecular formula is C15H15ClFN3. The van der Waals surface area contributed by atoms with E-state index in [0.29, 0.717) is 17.1 Å². The lowest BCUT2D eigenvalue weighted by molar-refractivity contribution is 0.627. The molecule has 0 aliphatic rings. The molecule has 0 amide bonds. The topological polar surface area (TPSA) is 53.1 Å². The van der Waals surface area contributed by atoms with Gasteiger partial charge in [0.15, 0.2) is 0 Å². The molecule has 3 N–H and O–H groups in total. The van der Waals surface area contributed by atoms with Crippen LogP contribution in [-0.2, 0) is 6.54 Å². The summed E-state index contributed by atoms with van der Waals surface area (Å²) >= 11 is 6.19. The summed E-state index contributed by atoms with van der Waals surface area (Å²) in [6, 6.07) is 11.6. The fraction of sp³-hybridized carbons (Fsp3) is 0.133. The molecule has 2 aromatic rings. The van der Waals surface area contributed by atoms with Gasteiger partial charge in [0.25, 0.3) is 0 Å². The molecule has 20 heavy (non-hydrogen) atoms. The molecule has 0 radical (unpaired) electrons. The molecule has 0 heterocycles. The van der Waals surface area contributed by atoms with Gasteiger partial charge in [-0.3, -0.25) is 5.41 Å². The van der Waals surface area contributed by atoms with Gasteiger partial charge in [0.05, 0.1) is 0 Å². The Bertz CT molecular complexity index is 626. The van der Waals surface area contributed by atoms with Gasteiger partial charge in [-0.15, -0.1) is 0 Å². The number of nitrogens with two attached hydrogens (primary N) is 1. The average molecular weight is 292 g/mol. The van der Waals surface area contributed by atoms with Crippen LogP contribution in [0, 0.1) is 11.2 Å². The number of hydrogen-bond donors (Lipinski definition) is 2. The molecule has 0 aromatic heterocycles. The van der Waals surface area contributed by atoms with E-state index in [1.807, 2.05) is 18.0 Å². The predicted octanol–water partition coefficient (Wildman–Crippen LogP) is 3.40. The van der Waals surface area contributed by atoms with Crippen molar-refractivity contribution in [2.24, 2.45) is 5.73 Å². The van der Waals surface area contributed by atoms with Gasteiger partial charge in [-0.2, -0.15) is 0 Å². The van der Waals surface area contributed by atoms with E-state index in [4.69, 9.17) is 22.7 Å². The van der Waals surface area contributed by atoms with Crippen molar-refractivity contribution in [3.8, 4) is 0 Å². The Hall–Kier alpha value is -2.07. The molecule has 104 valence electrons. The highest BCUT2D eigenvalue weighted by molar-refractivity contribution is 6.31. The number of amidine groups is 1. The number of benzene rings is 2. The maximum absolute atomic E-state index is 12.9. The van der Waals surface area contributed by atoms with Gasteiger partial charge in [-0.1, -0.05) is 23.7 Å². The van der Waals surface area contributed by atoms with Gasteiger partial charge < -0.3 is 10.6 Å². The molecule has 0 saturated carbocycles. The number of nitrogens with one attached hydrogen (secondary N) is 1. The summed E-state index contributed by atoms with van der Waals surface area (Å²) in [5, 5.41) is 7.93. The van der Waals surface area contributed by atoms with E-state index in [0.717, 1.165) is 11.3 Å². The zero-order valence-corrected chi connectivity index (χ0v) is 11.8.